The van der Waals surface area contributed by atoms with Gasteiger partial charge >= 0.3 is 0 Å². The van der Waals surface area contributed by atoms with Crippen LogP contribution in [0, 0.1) is 5.92 Å². The maximum absolute atomic E-state index is 13.4. The average Bonchev–Trinajstić information content (AvgIpc) is 2.61. The third kappa shape index (κ3) is 3.67. The number of benzene rings is 1. The molecule has 1 aromatic rings. The molecule has 4 nitrogen and oxygen atoms in total. The standard InChI is InChI=1S/C19H24F2N2O2/c1-2-23-16(24)9-8-15(17(23)14-6-4-3-5-7-14)18(25)22-12-10-19(20,21)11-13-22/h3-7,15,17H,2,8-13H2,1H3/t15-,17+/m1/s1. The van der Waals surface area contributed by atoms with E-state index in [0.29, 0.717) is 19.4 Å². The number of hydrogen-bond donors (Lipinski definition) is 0. The number of carbonyl (C=O) groups excluding carboxylic acids is 2. The van der Waals surface area contributed by atoms with Crippen LogP contribution in [0.15, 0.2) is 30.3 Å². The Bertz CT molecular complexity index is 626. The number of amides is 2. The number of carbonyl (C=O) groups is 2. The summed E-state index contributed by atoms with van der Waals surface area (Å²) in [7, 11) is 0. The SMILES string of the molecule is CCN1C(=O)CC[C@@H](C(=O)N2CCC(F)(F)CC2)[C@@H]1c1ccccc1. The van der Waals surface area contributed by atoms with Crippen molar-refractivity contribution in [1.82, 2.24) is 9.80 Å². The molecule has 3 rings (SSSR count). The minimum absolute atomic E-state index is 0.0468. The molecule has 0 N–H and O–H groups in total. The molecule has 0 radical (unpaired) electrons. The third-order valence-corrected chi connectivity index (χ3v) is 5.31. The smallest absolute Gasteiger partial charge is 0.251 e. The van der Waals surface area contributed by atoms with Crippen LogP contribution < -0.4 is 0 Å². The molecule has 2 amide bonds. The van der Waals surface area contributed by atoms with Crippen LogP contribution in [-0.4, -0.2) is 47.2 Å². The molecule has 2 heterocycles. The first kappa shape index (κ1) is 17.8. The molecule has 0 unspecified atom stereocenters. The van der Waals surface area contributed by atoms with Crippen molar-refractivity contribution < 1.29 is 18.4 Å². The van der Waals surface area contributed by atoms with Gasteiger partial charge in [0.25, 0.3) is 5.92 Å². The lowest BCUT2D eigenvalue weighted by molar-refractivity contribution is -0.151. The van der Waals surface area contributed by atoms with Crippen molar-refractivity contribution in [3.63, 3.8) is 0 Å². The van der Waals surface area contributed by atoms with E-state index >= 15 is 0 Å². The Morgan fingerprint density at radius 3 is 2.44 bits per heavy atom. The number of halogens is 2. The van der Waals surface area contributed by atoms with Gasteiger partial charge in [-0.2, -0.15) is 0 Å². The Hall–Kier alpha value is -1.98. The van der Waals surface area contributed by atoms with Gasteiger partial charge in [-0.05, 0) is 18.9 Å². The Morgan fingerprint density at radius 2 is 1.84 bits per heavy atom. The summed E-state index contributed by atoms with van der Waals surface area (Å²) in [5.74, 6) is -3.10. The van der Waals surface area contributed by atoms with Gasteiger partial charge in [-0.3, -0.25) is 9.59 Å². The topological polar surface area (TPSA) is 40.6 Å². The summed E-state index contributed by atoms with van der Waals surface area (Å²) in [6.45, 7) is 2.61. The molecule has 6 heteroatoms. The van der Waals surface area contributed by atoms with E-state index in [1.165, 1.54) is 0 Å². The summed E-state index contributed by atoms with van der Waals surface area (Å²) >= 11 is 0. The van der Waals surface area contributed by atoms with Crippen LogP contribution in [0.2, 0.25) is 0 Å². The maximum Gasteiger partial charge on any atom is 0.251 e. The Balaban J connectivity index is 1.85. The lowest BCUT2D eigenvalue weighted by Crippen LogP contribution is -2.51. The average molecular weight is 350 g/mol. The summed E-state index contributed by atoms with van der Waals surface area (Å²) in [4.78, 5) is 28.7. The summed E-state index contributed by atoms with van der Waals surface area (Å²) in [6, 6.07) is 9.22. The second-order valence-electron chi connectivity index (χ2n) is 6.86. The molecule has 0 bridgehead atoms. The minimum Gasteiger partial charge on any atom is -0.342 e. The summed E-state index contributed by atoms with van der Waals surface area (Å²) < 4.78 is 26.8. The maximum atomic E-state index is 13.4. The predicted octanol–water partition coefficient (Wildman–Crippen LogP) is 3.24. The van der Waals surface area contributed by atoms with Gasteiger partial charge in [0.1, 0.15) is 0 Å². The van der Waals surface area contributed by atoms with Crippen LogP contribution in [0.3, 0.4) is 0 Å². The largest absolute Gasteiger partial charge is 0.342 e. The highest BCUT2D eigenvalue weighted by molar-refractivity contribution is 5.85. The molecule has 2 atom stereocenters. The molecular formula is C19H24F2N2O2. The zero-order valence-corrected chi connectivity index (χ0v) is 14.5. The van der Waals surface area contributed by atoms with Crippen molar-refractivity contribution in [3.8, 4) is 0 Å². The van der Waals surface area contributed by atoms with Gasteiger partial charge in [0.15, 0.2) is 0 Å². The van der Waals surface area contributed by atoms with Crippen LogP contribution in [0.25, 0.3) is 0 Å². The van der Waals surface area contributed by atoms with E-state index in [9.17, 15) is 18.4 Å². The lowest BCUT2D eigenvalue weighted by atomic mass is 9.83. The second-order valence-corrected chi connectivity index (χ2v) is 6.86. The van der Waals surface area contributed by atoms with Crippen LogP contribution in [0.1, 0.15) is 44.2 Å². The van der Waals surface area contributed by atoms with Crippen molar-refractivity contribution in [1.29, 1.82) is 0 Å². The van der Waals surface area contributed by atoms with E-state index in [-0.39, 0.29) is 49.7 Å². The van der Waals surface area contributed by atoms with E-state index in [1.807, 2.05) is 37.3 Å². The molecule has 0 aromatic heterocycles. The monoisotopic (exact) mass is 350 g/mol. The number of alkyl halides is 2. The van der Waals surface area contributed by atoms with E-state index in [0.717, 1.165) is 5.56 Å². The van der Waals surface area contributed by atoms with Crippen LogP contribution >= 0.6 is 0 Å². The number of nitrogens with zero attached hydrogens (tertiary/aromatic N) is 2. The fraction of sp³-hybridized carbons (Fsp3) is 0.579. The summed E-state index contributed by atoms with van der Waals surface area (Å²) in [5.41, 5.74) is 0.929. The lowest BCUT2D eigenvalue weighted by Gasteiger charge is -2.43. The number of rotatable bonds is 3. The van der Waals surface area contributed by atoms with Crippen LogP contribution in [-0.2, 0) is 9.59 Å². The highest BCUT2D eigenvalue weighted by Gasteiger charge is 2.43. The van der Waals surface area contributed by atoms with Crippen LogP contribution in [0.5, 0.6) is 0 Å². The highest BCUT2D eigenvalue weighted by Crippen LogP contribution is 2.38. The molecule has 136 valence electrons. The molecule has 1 aromatic carbocycles. The first-order valence-electron chi connectivity index (χ1n) is 8.94. The molecule has 0 spiro atoms. The van der Waals surface area contributed by atoms with Crippen molar-refractivity contribution in [3.05, 3.63) is 35.9 Å². The molecule has 2 aliphatic rings. The van der Waals surface area contributed by atoms with E-state index in [1.54, 1.807) is 9.80 Å². The van der Waals surface area contributed by atoms with E-state index in [4.69, 9.17) is 0 Å². The van der Waals surface area contributed by atoms with Gasteiger partial charge in [0, 0.05) is 38.9 Å². The fourth-order valence-electron chi connectivity index (χ4n) is 3.94. The molecule has 0 saturated carbocycles. The number of piperidine rings is 2. The van der Waals surface area contributed by atoms with Gasteiger partial charge in [0.05, 0.1) is 12.0 Å². The molecule has 25 heavy (non-hydrogen) atoms. The van der Waals surface area contributed by atoms with Gasteiger partial charge in [0.2, 0.25) is 11.8 Å². The molecule has 2 saturated heterocycles. The van der Waals surface area contributed by atoms with Crippen molar-refractivity contribution in [2.24, 2.45) is 5.92 Å². The Labute approximate surface area is 146 Å². The summed E-state index contributed by atoms with van der Waals surface area (Å²) in [6.07, 6.45) is 0.244. The van der Waals surface area contributed by atoms with Gasteiger partial charge in [-0.15, -0.1) is 0 Å². The zero-order valence-electron chi connectivity index (χ0n) is 14.5. The highest BCUT2D eigenvalue weighted by atomic mass is 19.3. The number of likely N-dealkylation sites (tertiary alicyclic amines) is 2. The molecular weight excluding hydrogens is 326 g/mol. The van der Waals surface area contributed by atoms with Gasteiger partial charge < -0.3 is 9.80 Å². The summed E-state index contributed by atoms with van der Waals surface area (Å²) in [5, 5.41) is 0. The van der Waals surface area contributed by atoms with Gasteiger partial charge in [-0.1, -0.05) is 30.3 Å². The van der Waals surface area contributed by atoms with E-state index in [2.05, 4.69) is 0 Å². The second kappa shape index (κ2) is 7.10. The Kier molecular flexibility index (Phi) is 5.06. The fourth-order valence-corrected chi connectivity index (χ4v) is 3.94. The zero-order chi connectivity index (χ0) is 18.0. The first-order chi connectivity index (χ1) is 11.9. The van der Waals surface area contributed by atoms with Crippen molar-refractivity contribution in [2.75, 3.05) is 19.6 Å². The molecule has 2 fully saturated rings. The Morgan fingerprint density at radius 1 is 1.20 bits per heavy atom. The normalized spacial score (nSPS) is 26.6. The third-order valence-electron chi connectivity index (χ3n) is 5.31. The van der Waals surface area contributed by atoms with Crippen LogP contribution in [0.4, 0.5) is 8.78 Å². The first-order valence-corrected chi connectivity index (χ1v) is 8.94. The number of hydrogen-bond acceptors (Lipinski definition) is 2. The van der Waals surface area contributed by atoms with E-state index < -0.39 is 5.92 Å². The predicted molar refractivity (Wildman–Crippen MR) is 90.1 cm³/mol. The van der Waals surface area contributed by atoms with Crippen molar-refractivity contribution in [2.45, 2.75) is 44.6 Å². The molecule has 0 aliphatic carbocycles. The minimum atomic E-state index is -2.67. The van der Waals surface area contributed by atoms with Gasteiger partial charge in [-0.25, -0.2) is 8.78 Å². The quantitative estimate of drug-likeness (QED) is 0.840. The molecule has 2 aliphatic heterocycles. The van der Waals surface area contributed by atoms with Crippen molar-refractivity contribution >= 4 is 11.8 Å².